The van der Waals surface area contributed by atoms with Gasteiger partial charge in [-0.2, -0.15) is 4.52 Å². The summed E-state index contributed by atoms with van der Waals surface area (Å²) in [6.45, 7) is 6.51. The number of rotatable bonds is 1. The van der Waals surface area contributed by atoms with Crippen molar-refractivity contribution in [2.75, 3.05) is 26.3 Å². The SMILES string of the molecule is Cc1nc2sc3c(c2c2nc(C(=O)N4CCOCC4)nn12)C(C)CCC3. The number of aromatic nitrogens is 4. The van der Waals surface area contributed by atoms with Crippen molar-refractivity contribution in [2.45, 2.75) is 39.0 Å². The Morgan fingerprint density at radius 3 is 2.88 bits per heavy atom. The molecule has 0 saturated carbocycles. The Hall–Kier alpha value is -2.06. The van der Waals surface area contributed by atoms with Gasteiger partial charge < -0.3 is 9.64 Å². The standard InChI is InChI=1S/C18H21N5O2S/c1-10-4-3-5-12-13(10)14-16-20-15(18(24)22-6-8-25-9-7-22)21-23(16)11(2)19-17(14)26-12/h10H,3-9H2,1-2H3. The van der Waals surface area contributed by atoms with Crippen LogP contribution in [0.25, 0.3) is 15.9 Å². The van der Waals surface area contributed by atoms with Gasteiger partial charge in [0, 0.05) is 18.0 Å². The van der Waals surface area contributed by atoms with E-state index in [0.29, 0.717) is 32.2 Å². The van der Waals surface area contributed by atoms with Crippen molar-refractivity contribution in [2.24, 2.45) is 0 Å². The Bertz CT molecular complexity index is 1020. The first-order chi connectivity index (χ1) is 12.6. The van der Waals surface area contributed by atoms with Gasteiger partial charge in [0.2, 0.25) is 5.82 Å². The van der Waals surface area contributed by atoms with Crippen LogP contribution in [0.3, 0.4) is 0 Å². The molecular formula is C18H21N5O2S. The van der Waals surface area contributed by atoms with Crippen LogP contribution in [-0.4, -0.2) is 56.7 Å². The summed E-state index contributed by atoms with van der Waals surface area (Å²) >= 11 is 1.77. The fourth-order valence-corrected chi connectivity index (χ4v) is 5.46. The Kier molecular flexibility index (Phi) is 3.72. The third kappa shape index (κ3) is 2.35. The number of carbonyl (C=O) groups excluding carboxylic acids is 1. The first kappa shape index (κ1) is 16.1. The van der Waals surface area contributed by atoms with Crippen molar-refractivity contribution in [1.82, 2.24) is 24.5 Å². The molecular weight excluding hydrogens is 350 g/mol. The summed E-state index contributed by atoms with van der Waals surface area (Å²) in [6.07, 6.45) is 3.52. The Morgan fingerprint density at radius 1 is 1.27 bits per heavy atom. The minimum absolute atomic E-state index is 0.123. The first-order valence-electron chi connectivity index (χ1n) is 9.19. The summed E-state index contributed by atoms with van der Waals surface area (Å²) in [4.78, 5) is 26.5. The lowest BCUT2D eigenvalue weighted by Gasteiger charge is -2.25. The van der Waals surface area contributed by atoms with E-state index in [4.69, 9.17) is 9.72 Å². The van der Waals surface area contributed by atoms with Gasteiger partial charge in [0.15, 0.2) is 5.65 Å². The number of nitrogens with zero attached hydrogens (tertiary/aromatic N) is 5. The summed E-state index contributed by atoms with van der Waals surface area (Å²) in [5.41, 5.74) is 2.14. The average Bonchev–Trinajstić information content (AvgIpc) is 3.24. The lowest BCUT2D eigenvalue weighted by Crippen LogP contribution is -2.41. The van der Waals surface area contributed by atoms with Gasteiger partial charge in [-0.15, -0.1) is 16.4 Å². The summed E-state index contributed by atoms with van der Waals surface area (Å²) in [6, 6.07) is 0. The molecule has 0 N–H and O–H groups in total. The maximum absolute atomic E-state index is 12.8. The highest BCUT2D eigenvalue weighted by Gasteiger charge is 2.28. The van der Waals surface area contributed by atoms with Gasteiger partial charge in [-0.25, -0.2) is 9.97 Å². The predicted octanol–water partition coefficient (Wildman–Crippen LogP) is 2.56. The molecule has 3 aromatic rings. The van der Waals surface area contributed by atoms with Crippen molar-refractivity contribution in [3.05, 3.63) is 22.1 Å². The van der Waals surface area contributed by atoms with E-state index in [-0.39, 0.29) is 11.7 Å². The van der Waals surface area contributed by atoms with Gasteiger partial charge in [0.1, 0.15) is 10.7 Å². The monoisotopic (exact) mass is 371 g/mol. The molecule has 5 rings (SSSR count). The largest absolute Gasteiger partial charge is 0.378 e. The molecule has 0 bridgehead atoms. The van der Waals surface area contributed by atoms with Crippen LogP contribution >= 0.6 is 11.3 Å². The van der Waals surface area contributed by atoms with Gasteiger partial charge in [-0.3, -0.25) is 4.79 Å². The molecule has 1 atom stereocenters. The van der Waals surface area contributed by atoms with Crippen molar-refractivity contribution in [3.63, 3.8) is 0 Å². The number of amides is 1. The number of hydrogen-bond acceptors (Lipinski definition) is 6. The summed E-state index contributed by atoms with van der Waals surface area (Å²) < 4.78 is 7.08. The highest BCUT2D eigenvalue weighted by atomic mass is 32.1. The lowest BCUT2D eigenvalue weighted by molar-refractivity contribution is 0.0295. The van der Waals surface area contributed by atoms with Crippen LogP contribution in [0.1, 0.15) is 52.6 Å². The maximum atomic E-state index is 12.8. The number of hydrogen-bond donors (Lipinski definition) is 0. The second-order valence-electron chi connectivity index (χ2n) is 7.15. The van der Waals surface area contributed by atoms with Crippen molar-refractivity contribution in [1.29, 1.82) is 0 Å². The fourth-order valence-electron chi connectivity index (χ4n) is 4.08. The highest BCUT2D eigenvalue weighted by molar-refractivity contribution is 7.19. The maximum Gasteiger partial charge on any atom is 0.293 e. The molecule has 1 aliphatic carbocycles. The zero-order valence-corrected chi connectivity index (χ0v) is 15.8. The van der Waals surface area contributed by atoms with Gasteiger partial charge in [0.25, 0.3) is 5.91 Å². The number of morpholine rings is 1. The summed E-state index contributed by atoms with van der Waals surface area (Å²) in [7, 11) is 0. The van der Waals surface area contributed by atoms with Crippen LogP contribution in [0, 0.1) is 6.92 Å². The Balaban J connectivity index is 1.69. The van der Waals surface area contributed by atoms with Crippen molar-refractivity contribution in [3.8, 4) is 0 Å². The minimum Gasteiger partial charge on any atom is -0.378 e. The number of ether oxygens (including phenoxy) is 1. The van der Waals surface area contributed by atoms with E-state index in [0.717, 1.165) is 28.1 Å². The van der Waals surface area contributed by atoms with E-state index in [9.17, 15) is 4.79 Å². The van der Waals surface area contributed by atoms with E-state index >= 15 is 0 Å². The molecule has 0 aromatic carbocycles. The Morgan fingerprint density at radius 2 is 2.08 bits per heavy atom. The zero-order chi connectivity index (χ0) is 17.8. The van der Waals surface area contributed by atoms with E-state index in [1.165, 1.54) is 23.3 Å². The first-order valence-corrected chi connectivity index (χ1v) is 10.0. The summed E-state index contributed by atoms with van der Waals surface area (Å²) in [5, 5.41) is 5.60. The third-order valence-corrected chi connectivity index (χ3v) is 6.59. The quantitative estimate of drug-likeness (QED) is 0.657. The van der Waals surface area contributed by atoms with Gasteiger partial charge >= 0.3 is 0 Å². The van der Waals surface area contributed by atoms with Gasteiger partial charge in [-0.1, -0.05) is 6.92 Å². The van der Waals surface area contributed by atoms with Crippen LogP contribution in [0.2, 0.25) is 0 Å². The number of fused-ring (bicyclic) bond motifs is 5. The summed E-state index contributed by atoms with van der Waals surface area (Å²) in [5.74, 6) is 1.40. The molecule has 136 valence electrons. The zero-order valence-electron chi connectivity index (χ0n) is 15.0. The normalized spacial score (nSPS) is 20.7. The number of aryl methyl sites for hydroxylation is 2. The molecule has 1 aliphatic heterocycles. The van der Waals surface area contributed by atoms with E-state index < -0.39 is 0 Å². The molecule has 0 spiro atoms. The van der Waals surface area contributed by atoms with Gasteiger partial charge in [-0.05, 0) is 37.7 Å². The van der Waals surface area contributed by atoms with E-state index in [1.54, 1.807) is 20.8 Å². The third-order valence-electron chi connectivity index (χ3n) is 5.43. The molecule has 8 heteroatoms. The Labute approximate surface area is 155 Å². The topological polar surface area (TPSA) is 72.6 Å². The molecule has 1 amide bonds. The van der Waals surface area contributed by atoms with Crippen molar-refractivity contribution >= 4 is 33.1 Å². The van der Waals surface area contributed by atoms with E-state index in [1.807, 2.05) is 6.92 Å². The lowest BCUT2D eigenvalue weighted by atomic mass is 9.87. The van der Waals surface area contributed by atoms with Crippen molar-refractivity contribution < 1.29 is 9.53 Å². The van der Waals surface area contributed by atoms with Crippen LogP contribution in [0.5, 0.6) is 0 Å². The molecule has 1 saturated heterocycles. The molecule has 3 aromatic heterocycles. The smallest absolute Gasteiger partial charge is 0.293 e. The van der Waals surface area contributed by atoms with Gasteiger partial charge in [0.05, 0.1) is 18.6 Å². The highest BCUT2D eigenvalue weighted by Crippen LogP contribution is 2.42. The van der Waals surface area contributed by atoms with Crippen LogP contribution in [-0.2, 0) is 11.2 Å². The molecule has 4 heterocycles. The van der Waals surface area contributed by atoms with Crippen LogP contribution in [0.4, 0.5) is 0 Å². The van der Waals surface area contributed by atoms with E-state index in [2.05, 4.69) is 17.0 Å². The minimum atomic E-state index is -0.123. The average molecular weight is 371 g/mol. The molecule has 1 fully saturated rings. The van der Waals surface area contributed by atoms with Crippen LogP contribution < -0.4 is 0 Å². The fraction of sp³-hybridized carbons (Fsp3) is 0.556. The molecule has 26 heavy (non-hydrogen) atoms. The predicted molar refractivity (Wildman–Crippen MR) is 99.0 cm³/mol. The number of thiophene rings is 1. The number of carbonyl (C=O) groups is 1. The second kappa shape index (κ2) is 5.99. The van der Waals surface area contributed by atoms with Crippen LogP contribution in [0.15, 0.2) is 0 Å². The molecule has 1 unspecified atom stereocenters. The second-order valence-corrected chi connectivity index (χ2v) is 8.23. The molecule has 7 nitrogen and oxygen atoms in total. The molecule has 2 aliphatic rings. The molecule has 0 radical (unpaired) electrons.